The molecule has 1 N–H and O–H groups in total. The van der Waals surface area contributed by atoms with Crippen LogP contribution in [-0.2, 0) is 0 Å². The van der Waals surface area contributed by atoms with Gasteiger partial charge in [0, 0.05) is 11.9 Å². The van der Waals surface area contributed by atoms with E-state index < -0.39 is 0 Å². The van der Waals surface area contributed by atoms with Crippen LogP contribution in [0.4, 0.5) is 0 Å². The van der Waals surface area contributed by atoms with E-state index in [1.165, 1.54) is 11.3 Å². The molecule has 2 aliphatic rings. The Kier molecular flexibility index (Phi) is 1.34. The zero-order valence-corrected chi connectivity index (χ0v) is 6.83. The van der Waals surface area contributed by atoms with Crippen molar-refractivity contribution in [2.75, 3.05) is 0 Å². The number of fused-ring (bicyclic) bond motifs is 1. The van der Waals surface area contributed by atoms with Crippen LogP contribution in [0.3, 0.4) is 0 Å². The number of rotatable bonds is 0. The van der Waals surface area contributed by atoms with E-state index in [2.05, 4.69) is 36.3 Å². The van der Waals surface area contributed by atoms with Gasteiger partial charge in [0.2, 0.25) is 0 Å². The zero-order valence-electron chi connectivity index (χ0n) is 6.83. The highest BCUT2D eigenvalue weighted by molar-refractivity contribution is 5.79. The molecular formula is C9H12N2. The largest absolute Gasteiger partial charge is 0.380 e. The van der Waals surface area contributed by atoms with Gasteiger partial charge in [-0.2, -0.15) is 0 Å². The van der Waals surface area contributed by atoms with Crippen LogP contribution in [0, 0.1) is 0 Å². The van der Waals surface area contributed by atoms with Crippen LogP contribution >= 0.6 is 0 Å². The fourth-order valence-electron chi connectivity index (χ4n) is 1.56. The van der Waals surface area contributed by atoms with Crippen molar-refractivity contribution < 1.29 is 0 Å². The lowest BCUT2D eigenvalue weighted by molar-refractivity contribution is 0.651. The van der Waals surface area contributed by atoms with E-state index in [9.17, 15) is 0 Å². The third kappa shape index (κ3) is 1.09. The van der Waals surface area contributed by atoms with Gasteiger partial charge in [-0.25, -0.2) is 0 Å². The lowest BCUT2D eigenvalue weighted by Gasteiger charge is -2.17. The van der Waals surface area contributed by atoms with Crippen LogP contribution in [0.1, 0.15) is 13.8 Å². The number of dihydropyridines is 1. The molecule has 0 saturated heterocycles. The summed E-state index contributed by atoms with van der Waals surface area (Å²) in [5.41, 5.74) is 2.49. The molecule has 2 unspecified atom stereocenters. The summed E-state index contributed by atoms with van der Waals surface area (Å²) in [7, 11) is 0. The second-order valence-corrected chi connectivity index (χ2v) is 3.20. The highest BCUT2D eigenvalue weighted by Crippen LogP contribution is 2.18. The smallest absolute Gasteiger partial charge is 0.0936 e. The molecule has 0 aromatic rings. The Morgan fingerprint density at radius 2 is 2.18 bits per heavy atom. The van der Waals surface area contributed by atoms with E-state index in [1.807, 2.05) is 6.21 Å². The maximum absolute atomic E-state index is 4.39. The Labute approximate surface area is 66.7 Å². The Hall–Kier alpha value is -1.05. The molecule has 11 heavy (non-hydrogen) atoms. The second-order valence-electron chi connectivity index (χ2n) is 3.20. The summed E-state index contributed by atoms with van der Waals surface area (Å²) in [6, 6.07) is 0.763. The molecule has 2 heterocycles. The van der Waals surface area contributed by atoms with E-state index in [1.54, 1.807) is 0 Å². The molecule has 0 aromatic heterocycles. The van der Waals surface area contributed by atoms with Crippen molar-refractivity contribution in [1.82, 2.24) is 5.32 Å². The average molecular weight is 148 g/mol. The fraction of sp³-hybridized carbons (Fsp3) is 0.444. The molecule has 0 aliphatic carbocycles. The lowest BCUT2D eigenvalue weighted by atomic mass is 10.1. The van der Waals surface area contributed by atoms with E-state index in [-0.39, 0.29) is 0 Å². The molecule has 0 spiro atoms. The Morgan fingerprint density at radius 1 is 1.36 bits per heavy atom. The first-order valence-corrected chi connectivity index (χ1v) is 3.92. The standard InChI is InChI=1S/C9H12N2/c1-6-3-9-8(10-5-6)4-7(2)11-9/h3-5,8-9,11H,1-2H3. The molecule has 0 saturated carbocycles. The van der Waals surface area contributed by atoms with Gasteiger partial charge in [-0.05, 0) is 25.5 Å². The maximum atomic E-state index is 4.39. The van der Waals surface area contributed by atoms with Crippen LogP contribution in [0.2, 0.25) is 0 Å². The van der Waals surface area contributed by atoms with Crippen molar-refractivity contribution in [3.8, 4) is 0 Å². The zero-order chi connectivity index (χ0) is 7.84. The number of nitrogens with zero attached hydrogens (tertiary/aromatic N) is 1. The molecule has 2 atom stereocenters. The summed E-state index contributed by atoms with van der Waals surface area (Å²) in [6.07, 6.45) is 6.34. The molecule has 58 valence electrons. The molecule has 0 bridgehead atoms. The van der Waals surface area contributed by atoms with Gasteiger partial charge in [0.05, 0.1) is 12.1 Å². The van der Waals surface area contributed by atoms with Crippen LogP contribution in [-0.4, -0.2) is 18.3 Å². The molecule has 2 nitrogen and oxygen atoms in total. The Balaban J connectivity index is 2.25. The number of allylic oxidation sites excluding steroid dienone is 2. The van der Waals surface area contributed by atoms with Crippen LogP contribution in [0.25, 0.3) is 0 Å². The van der Waals surface area contributed by atoms with Gasteiger partial charge in [0.15, 0.2) is 0 Å². The van der Waals surface area contributed by atoms with Crippen molar-refractivity contribution in [3.05, 3.63) is 23.4 Å². The van der Waals surface area contributed by atoms with E-state index in [4.69, 9.17) is 0 Å². The summed E-state index contributed by atoms with van der Waals surface area (Å²) < 4.78 is 0. The quantitative estimate of drug-likeness (QED) is 0.549. The third-order valence-electron chi connectivity index (χ3n) is 2.08. The predicted molar refractivity (Wildman–Crippen MR) is 46.7 cm³/mol. The lowest BCUT2D eigenvalue weighted by Crippen LogP contribution is -2.30. The predicted octanol–water partition coefficient (Wildman–Crippen LogP) is 1.26. The van der Waals surface area contributed by atoms with Crippen molar-refractivity contribution in [2.45, 2.75) is 25.9 Å². The van der Waals surface area contributed by atoms with Crippen LogP contribution < -0.4 is 5.32 Å². The summed E-state index contributed by atoms with van der Waals surface area (Å²) in [6.45, 7) is 4.16. The molecule has 2 aliphatic heterocycles. The van der Waals surface area contributed by atoms with Crippen molar-refractivity contribution in [1.29, 1.82) is 0 Å². The van der Waals surface area contributed by atoms with E-state index in [0.717, 1.165) is 0 Å². The molecule has 0 aromatic carbocycles. The minimum Gasteiger partial charge on any atom is -0.380 e. The van der Waals surface area contributed by atoms with Gasteiger partial charge in [-0.15, -0.1) is 0 Å². The summed E-state index contributed by atoms with van der Waals surface area (Å²) >= 11 is 0. The van der Waals surface area contributed by atoms with E-state index in [0.29, 0.717) is 12.1 Å². The molecule has 0 radical (unpaired) electrons. The first kappa shape index (κ1) is 6.65. The number of hydrogen-bond acceptors (Lipinski definition) is 2. The highest BCUT2D eigenvalue weighted by Gasteiger charge is 2.23. The first-order valence-electron chi connectivity index (χ1n) is 3.92. The van der Waals surface area contributed by atoms with Gasteiger partial charge in [0.25, 0.3) is 0 Å². The van der Waals surface area contributed by atoms with Gasteiger partial charge in [-0.1, -0.05) is 6.08 Å². The summed E-state index contributed by atoms with van der Waals surface area (Å²) in [5.74, 6) is 0. The molecule has 2 heteroatoms. The van der Waals surface area contributed by atoms with Crippen molar-refractivity contribution in [3.63, 3.8) is 0 Å². The van der Waals surface area contributed by atoms with Crippen LogP contribution in [0.5, 0.6) is 0 Å². The van der Waals surface area contributed by atoms with E-state index >= 15 is 0 Å². The maximum Gasteiger partial charge on any atom is 0.0936 e. The number of nitrogens with one attached hydrogen (secondary N) is 1. The van der Waals surface area contributed by atoms with Gasteiger partial charge in [0.1, 0.15) is 0 Å². The van der Waals surface area contributed by atoms with Crippen LogP contribution in [0.15, 0.2) is 28.4 Å². The average Bonchev–Trinajstić information content (AvgIpc) is 2.27. The SMILES string of the molecule is CC1=CC2NC(C)=CC2N=C1. The van der Waals surface area contributed by atoms with Crippen molar-refractivity contribution >= 4 is 6.21 Å². The van der Waals surface area contributed by atoms with Gasteiger partial charge >= 0.3 is 0 Å². The number of hydrogen-bond donors (Lipinski definition) is 1. The summed E-state index contributed by atoms with van der Waals surface area (Å²) in [4.78, 5) is 4.39. The van der Waals surface area contributed by atoms with Gasteiger partial charge in [-0.3, -0.25) is 4.99 Å². The molecular weight excluding hydrogens is 136 g/mol. The summed E-state index contributed by atoms with van der Waals surface area (Å²) in [5, 5.41) is 3.36. The highest BCUT2D eigenvalue weighted by atomic mass is 15.0. The molecule has 0 fully saturated rings. The normalized spacial score (nSPS) is 34.0. The third-order valence-corrected chi connectivity index (χ3v) is 2.08. The number of aliphatic imine (C=N–C) groups is 1. The topological polar surface area (TPSA) is 24.4 Å². The minimum absolute atomic E-state index is 0.346. The monoisotopic (exact) mass is 148 g/mol. The minimum atomic E-state index is 0.346. The Bertz CT molecular complexity index is 261. The first-order chi connectivity index (χ1) is 5.25. The second kappa shape index (κ2) is 2.22. The fourth-order valence-corrected chi connectivity index (χ4v) is 1.56. The van der Waals surface area contributed by atoms with Crippen molar-refractivity contribution in [2.24, 2.45) is 4.99 Å². The molecule has 2 rings (SSSR count). The molecule has 0 amide bonds. The van der Waals surface area contributed by atoms with Gasteiger partial charge < -0.3 is 5.32 Å². The Morgan fingerprint density at radius 3 is 3.00 bits per heavy atom.